The lowest BCUT2D eigenvalue weighted by Crippen LogP contribution is -2.47. The van der Waals surface area contributed by atoms with Crippen LogP contribution < -0.4 is 5.73 Å². The van der Waals surface area contributed by atoms with Gasteiger partial charge in [0.1, 0.15) is 0 Å². The molecule has 1 unspecified atom stereocenters. The van der Waals surface area contributed by atoms with Gasteiger partial charge in [0.2, 0.25) is 0 Å². The molecule has 0 saturated carbocycles. The summed E-state index contributed by atoms with van der Waals surface area (Å²) in [6, 6.07) is 4.99. The van der Waals surface area contributed by atoms with E-state index in [-0.39, 0.29) is 23.6 Å². The fraction of sp³-hybridized carbons (Fsp3) is 0.500. The van der Waals surface area contributed by atoms with Crippen LogP contribution in [-0.2, 0) is 9.53 Å². The molecule has 22 heavy (non-hydrogen) atoms. The summed E-state index contributed by atoms with van der Waals surface area (Å²) >= 11 is 3.28. The van der Waals surface area contributed by atoms with Crippen LogP contribution in [-0.4, -0.2) is 35.0 Å². The van der Waals surface area contributed by atoms with E-state index in [1.165, 1.54) is 0 Å². The van der Waals surface area contributed by atoms with E-state index in [1.807, 2.05) is 27.7 Å². The molecule has 0 aromatic heterocycles. The molecule has 122 valence electrons. The Morgan fingerprint density at radius 1 is 1.14 bits per heavy atom. The van der Waals surface area contributed by atoms with Gasteiger partial charge >= 0.3 is 5.97 Å². The summed E-state index contributed by atoms with van der Waals surface area (Å²) in [6.45, 7) is 9.29. The van der Waals surface area contributed by atoms with Gasteiger partial charge in [-0.2, -0.15) is 0 Å². The summed E-state index contributed by atoms with van der Waals surface area (Å²) in [5, 5.41) is 0. The van der Waals surface area contributed by atoms with Gasteiger partial charge in [-0.25, -0.2) is 4.79 Å². The van der Waals surface area contributed by atoms with Crippen molar-refractivity contribution in [3.63, 3.8) is 0 Å². The molecule has 1 aromatic rings. The van der Waals surface area contributed by atoms with Crippen molar-refractivity contribution in [1.29, 1.82) is 0 Å². The van der Waals surface area contributed by atoms with Crippen LogP contribution in [0.15, 0.2) is 22.7 Å². The Balaban J connectivity index is 2.87. The molecule has 0 bridgehead atoms. The summed E-state index contributed by atoms with van der Waals surface area (Å²) < 4.78 is 6.01. The molecule has 6 heteroatoms. The van der Waals surface area contributed by atoms with Gasteiger partial charge in [0.15, 0.2) is 6.10 Å². The Labute approximate surface area is 139 Å². The highest BCUT2D eigenvalue weighted by molar-refractivity contribution is 9.10. The molecule has 1 amide bonds. The maximum Gasteiger partial charge on any atom is 0.341 e. The molecule has 1 rings (SSSR count). The number of nitrogens with two attached hydrogens (primary N) is 1. The van der Waals surface area contributed by atoms with Crippen LogP contribution in [0.1, 0.15) is 45.0 Å². The molecule has 0 heterocycles. The van der Waals surface area contributed by atoms with Crippen molar-refractivity contribution < 1.29 is 14.3 Å². The smallest absolute Gasteiger partial charge is 0.341 e. The third-order valence-electron chi connectivity index (χ3n) is 3.23. The maximum absolute atomic E-state index is 12.5. The highest BCUT2D eigenvalue weighted by Crippen LogP contribution is 2.20. The predicted octanol–water partition coefficient (Wildman–Crippen LogP) is 3.22. The average Bonchev–Trinajstić information content (AvgIpc) is 2.40. The van der Waals surface area contributed by atoms with Gasteiger partial charge in [0, 0.05) is 22.2 Å². The maximum atomic E-state index is 12.5. The topological polar surface area (TPSA) is 72.6 Å². The Hall–Kier alpha value is -1.56. The molecule has 1 atom stereocenters. The monoisotopic (exact) mass is 370 g/mol. The molecule has 0 radical (unpaired) electrons. The fourth-order valence-electron chi connectivity index (χ4n) is 2.29. The number of rotatable bonds is 5. The van der Waals surface area contributed by atoms with Gasteiger partial charge in [-0.3, -0.25) is 4.79 Å². The summed E-state index contributed by atoms with van der Waals surface area (Å²) in [6.07, 6.45) is -0.865. The molecule has 0 spiro atoms. The fourth-order valence-corrected chi connectivity index (χ4v) is 2.66. The highest BCUT2D eigenvalue weighted by atomic mass is 79.9. The van der Waals surface area contributed by atoms with Crippen LogP contribution in [0.2, 0.25) is 0 Å². The molecule has 5 nitrogen and oxygen atoms in total. The first-order valence-corrected chi connectivity index (χ1v) is 8.02. The van der Waals surface area contributed by atoms with Crippen LogP contribution >= 0.6 is 15.9 Å². The number of amides is 1. The summed E-state index contributed by atoms with van der Waals surface area (Å²) in [5.74, 6) is -0.820. The van der Waals surface area contributed by atoms with Crippen LogP contribution in [0.25, 0.3) is 0 Å². The van der Waals surface area contributed by atoms with E-state index in [9.17, 15) is 9.59 Å². The Bertz CT molecular complexity index is 550. The second-order valence-electron chi connectivity index (χ2n) is 5.71. The van der Waals surface area contributed by atoms with E-state index < -0.39 is 12.1 Å². The molecular weight excluding hydrogens is 348 g/mol. The number of hydrogen-bond acceptors (Lipinski definition) is 4. The van der Waals surface area contributed by atoms with Gasteiger partial charge in [-0.1, -0.05) is 15.9 Å². The zero-order valence-electron chi connectivity index (χ0n) is 13.6. The van der Waals surface area contributed by atoms with Crippen molar-refractivity contribution in [2.75, 3.05) is 5.73 Å². The minimum atomic E-state index is -0.865. The second-order valence-corrected chi connectivity index (χ2v) is 6.63. The zero-order valence-corrected chi connectivity index (χ0v) is 15.2. The average molecular weight is 371 g/mol. The second kappa shape index (κ2) is 7.63. The van der Waals surface area contributed by atoms with E-state index in [4.69, 9.17) is 10.5 Å². The van der Waals surface area contributed by atoms with Crippen molar-refractivity contribution in [3.8, 4) is 0 Å². The molecule has 0 fully saturated rings. The molecule has 1 aromatic carbocycles. The van der Waals surface area contributed by atoms with Gasteiger partial charge in [0.25, 0.3) is 5.91 Å². The van der Waals surface area contributed by atoms with E-state index in [0.29, 0.717) is 5.69 Å². The summed E-state index contributed by atoms with van der Waals surface area (Å²) in [7, 11) is 0. The number of benzene rings is 1. The highest BCUT2D eigenvalue weighted by Gasteiger charge is 2.28. The minimum absolute atomic E-state index is 0.0320. The standard InChI is InChI=1S/C16H23BrN2O3/c1-9(2)19(10(3)4)15(20)11(5)22-16(21)13-8-12(17)6-7-14(13)18/h6-11H,18H2,1-5H3. The largest absolute Gasteiger partial charge is 0.449 e. The number of carbonyl (C=O) groups is 2. The first kappa shape index (κ1) is 18.5. The van der Waals surface area contributed by atoms with Gasteiger partial charge in [-0.15, -0.1) is 0 Å². The number of halogens is 1. The van der Waals surface area contributed by atoms with E-state index in [0.717, 1.165) is 4.47 Å². The van der Waals surface area contributed by atoms with Crippen molar-refractivity contribution in [1.82, 2.24) is 4.90 Å². The van der Waals surface area contributed by atoms with Gasteiger partial charge < -0.3 is 15.4 Å². The van der Waals surface area contributed by atoms with Crippen molar-refractivity contribution in [3.05, 3.63) is 28.2 Å². The number of ether oxygens (including phenoxy) is 1. The molecular formula is C16H23BrN2O3. The molecule has 0 aliphatic carbocycles. The lowest BCUT2D eigenvalue weighted by Gasteiger charge is -2.32. The number of nitrogen functional groups attached to an aromatic ring is 1. The van der Waals surface area contributed by atoms with Crippen LogP contribution in [0.4, 0.5) is 5.69 Å². The van der Waals surface area contributed by atoms with Crippen LogP contribution in [0, 0.1) is 0 Å². The van der Waals surface area contributed by atoms with Crippen molar-refractivity contribution in [2.24, 2.45) is 0 Å². The number of esters is 1. The summed E-state index contributed by atoms with van der Waals surface area (Å²) in [4.78, 5) is 26.4. The normalized spacial score (nSPS) is 12.4. The van der Waals surface area contributed by atoms with Crippen molar-refractivity contribution in [2.45, 2.75) is 52.8 Å². The lowest BCUT2D eigenvalue weighted by atomic mass is 10.1. The molecule has 0 aliphatic heterocycles. The van der Waals surface area contributed by atoms with E-state index in [1.54, 1.807) is 30.0 Å². The third kappa shape index (κ3) is 4.47. The first-order valence-electron chi connectivity index (χ1n) is 7.23. The first-order chi connectivity index (χ1) is 10.1. The van der Waals surface area contributed by atoms with Crippen molar-refractivity contribution >= 4 is 33.5 Å². The molecule has 2 N–H and O–H groups in total. The van der Waals surface area contributed by atoms with Crippen LogP contribution in [0.5, 0.6) is 0 Å². The Morgan fingerprint density at radius 3 is 2.18 bits per heavy atom. The molecule has 0 aliphatic rings. The lowest BCUT2D eigenvalue weighted by molar-refractivity contribution is -0.143. The number of hydrogen-bond donors (Lipinski definition) is 1. The number of anilines is 1. The quantitative estimate of drug-likeness (QED) is 0.637. The van der Waals surface area contributed by atoms with Gasteiger partial charge in [-0.05, 0) is 52.8 Å². The Morgan fingerprint density at radius 2 is 1.68 bits per heavy atom. The van der Waals surface area contributed by atoms with E-state index in [2.05, 4.69) is 15.9 Å². The SMILES string of the molecule is CC(OC(=O)c1cc(Br)ccc1N)C(=O)N(C(C)C)C(C)C. The Kier molecular flexibility index (Phi) is 6.41. The van der Waals surface area contributed by atoms with Crippen LogP contribution in [0.3, 0.4) is 0 Å². The number of carbonyl (C=O) groups excluding carboxylic acids is 2. The minimum Gasteiger partial charge on any atom is -0.449 e. The zero-order chi connectivity index (χ0) is 17.0. The summed E-state index contributed by atoms with van der Waals surface area (Å²) in [5.41, 5.74) is 6.34. The predicted molar refractivity (Wildman–Crippen MR) is 90.5 cm³/mol. The van der Waals surface area contributed by atoms with E-state index >= 15 is 0 Å². The number of nitrogens with zero attached hydrogens (tertiary/aromatic N) is 1. The van der Waals surface area contributed by atoms with Gasteiger partial charge in [0.05, 0.1) is 5.56 Å². The molecule has 0 saturated heterocycles. The third-order valence-corrected chi connectivity index (χ3v) is 3.73.